The molecule has 2 saturated heterocycles. The van der Waals surface area contributed by atoms with Crippen LogP contribution in [0.25, 0.3) is 0 Å². The third-order valence-electron chi connectivity index (χ3n) is 5.04. The van der Waals surface area contributed by atoms with Gasteiger partial charge in [0.25, 0.3) is 0 Å². The highest BCUT2D eigenvalue weighted by molar-refractivity contribution is 5.71. The first kappa shape index (κ1) is 22.8. The zero-order valence-corrected chi connectivity index (χ0v) is 17.4. The first-order chi connectivity index (χ1) is 13.9. The molecule has 2 aliphatic rings. The summed E-state index contributed by atoms with van der Waals surface area (Å²) < 4.78 is 21.1. The molecule has 0 aromatic carbocycles. The number of piperazine rings is 1. The molecule has 0 saturated carbocycles. The van der Waals surface area contributed by atoms with Gasteiger partial charge in [-0.1, -0.05) is 19.6 Å². The van der Waals surface area contributed by atoms with Gasteiger partial charge >= 0.3 is 18.3 Å². The smallest absolute Gasteiger partial charge is 0.410 e. The Labute approximate surface area is 171 Å². The van der Waals surface area contributed by atoms with Crippen molar-refractivity contribution >= 4 is 18.3 Å². The molecule has 0 N–H and O–H groups in total. The maximum Gasteiger partial charge on any atom is 0.410 e. The largest absolute Gasteiger partial charge is 0.445 e. The van der Waals surface area contributed by atoms with E-state index in [1.165, 1.54) is 11.0 Å². The number of hydrogen-bond acceptors (Lipinski definition) is 7. The molecule has 0 aliphatic carbocycles. The fraction of sp³-hybridized carbons (Fsp3) is 0.737. The molecule has 164 valence electrons. The van der Waals surface area contributed by atoms with Gasteiger partial charge in [0, 0.05) is 33.3 Å². The van der Waals surface area contributed by atoms with E-state index in [-0.39, 0.29) is 24.9 Å². The highest BCUT2D eigenvalue weighted by Crippen LogP contribution is 2.18. The lowest BCUT2D eigenvalue weighted by Crippen LogP contribution is -2.58. The van der Waals surface area contributed by atoms with Crippen molar-refractivity contribution in [2.75, 3.05) is 53.0 Å². The molecule has 2 atom stereocenters. The summed E-state index contributed by atoms with van der Waals surface area (Å²) in [6.07, 6.45) is 0.00497. The Kier molecular flexibility index (Phi) is 8.56. The molecule has 29 heavy (non-hydrogen) atoms. The molecule has 0 radical (unpaired) electrons. The number of hydrogen-bond donors (Lipinski definition) is 0. The number of rotatable bonds is 7. The van der Waals surface area contributed by atoms with Crippen LogP contribution in [0.2, 0.25) is 0 Å². The molecule has 0 spiro atoms. The maximum atomic E-state index is 12.3. The molecule has 2 heterocycles. The monoisotopic (exact) mass is 413 g/mol. The minimum absolute atomic E-state index is 0.158. The number of likely N-dealkylation sites (tertiary alicyclic amines) is 1. The first-order valence-corrected chi connectivity index (χ1v) is 9.86. The Balaban J connectivity index is 1.67. The van der Waals surface area contributed by atoms with Crippen LogP contribution in [-0.2, 0) is 18.9 Å². The van der Waals surface area contributed by atoms with Gasteiger partial charge in [-0.15, -0.1) is 0 Å². The maximum absolute atomic E-state index is 12.3. The third-order valence-corrected chi connectivity index (χ3v) is 5.04. The van der Waals surface area contributed by atoms with Crippen LogP contribution < -0.4 is 0 Å². The average Bonchev–Trinajstić information content (AvgIpc) is 2.71. The predicted molar refractivity (Wildman–Crippen MR) is 104 cm³/mol. The Hall–Kier alpha value is -2.49. The summed E-state index contributed by atoms with van der Waals surface area (Å²) >= 11 is 0. The Bertz CT molecular complexity index is 586. The lowest BCUT2D eigenvalue weighted by atomic mass is 10.1. The van der Waals surface area contributed by atoms with Crippen molar-refractivity contribution in [2.24, 2.45) is 0 Å². The highest BCUT2D eigenvalue weighted by Gasteiger charge is 2.37. The Morgan fingerprint density at radius 2 is 1.62 bits per heavy atom. The minimum atomic E-state index is -0.443. The summed E-state index contributed by atoms with van der Waals surface area (Å²) in [5.74, 6) is 0. The quantitative estimate of drug-likeness (QED) is 0.463. The number of methoxy groups -OCH3 is 1. The molecule has 0 aromatic heterocycles. The molecule has 10 nitrogen and oxygen atoms in total. The first-order valence-electron chi connectivity index (χ1n) is 9.86. The molecular weight excluding hydrogens is 382 g/mol. The van der Waals surface area contributed by atoms with Gasteiger partial charge in [-0.05, 0) is 13.3 Å². The van der Waals surface area contributed by atoms with E-state index in [1.807, 2.05) is 13.8 Å². The van der Waals surface area contributed by atoms with Gasteiger partial charge in [-0.3, -0.25) is 0 Å². The van der Waals surface area contributed by atoms with Gasteiger partial charge in [0.2, 0.25) is 0 Å². The van der Waals surface area contributed by atoms with E-state index >= 15 is 0 Å². The molecule has 3 amide bonds. The van der Waals surface area contributed by atoms with E-state index < -0.39 is 18.3 Å². The van der Waals surface area contributed by atoms with E-state index in [4.69, 9.17) is 18.9 Å². The molecule has 10 heteroatoms. The summed E-state index contributed by atoms with van der Waals surface area (Å²) in [5, 5.41) is 0. The molecule has 0 aromatic rings. The second-order valence-corrected chi connectivity index (χ2v) is 7.02. The number of carbonyl (C=O) groups is 3. The van der Waals surface area contributed by atoms with Crippen LogP contribution in [0.5, 0.6) is 0 Å². The zero-order chi connectivity index (χ0) is 21.4. The van der Waals surface area contributed by atoms with Crippen molar-refractivity contribution in [1.29, 1.82) is 0 Å². The molecule has 0 unspecified atom stereocenters. The van der Waals surface area contributed by atoms with Crippen molar-refractivity contribution < 1.29 is 33.3 Å². The van der Waals surface area contributed by atoms with Crippen molar-refractivity contribution in [1.82, 2.24) is 14.7 Å². The van der Waals surface area contributed by atoms with Gasteiger partial charge in [-0.2, -0.15) is 0 Å². The van der Waals surface area contributed by atoms with Gasteiger partial charge in [0.1, 0.15) is 18.8 Å². The zero-order valence-electron chi connectivity index (χ0n) is 17.4. The fourth-order valence-corrected chi connectivity index (χ4v) is 3.04. The molecule has 2 aliphatic heterocycles. The van der Waals surface area contributed by atoms with E-state index in [1.54, 1.807) is 16.9 Å². The van der Waals surface area contributed by atoms with Crippen molar-refractivity contribution in [3.63, 3.8) is 0 Å². The lowest BCUT2D eigenvalue weighted by Gasteiger charge is -2.40. The highest BCUT2D eigenvalue weighted by atomic mass is 16.6. The van der Waals surface area contributed by atoms with E-state index in [0.717, 1.165) is 0 Å². The van der Waals surface area contributed by atoms with Crippen LogP contribution in [0.4, 0.5) is 14.4 Å². The SMILES string of the molecule is C=CCOC(=O)N1CCN(C(=O)OC2CN(C(=O)O[C@H](CC)[C@H](C)OC)C2)CC1. The van der Waals surface area contributed by atoms with Gasteiger partial charge in [-0.25, -0.2) is 14.4 Å². The summed E-state index contributed by atoms with van der Waals surface area (Å²) in [7, 11) is 1.57. The van der Waals surface area contributed by atoms with E-state index in [2.05, 4.69) is 6.58 Å². The normalized spacial score (nSPS) is 19.1. The molecule has 2 fully saturated rings. The van der Waals surface area contributed by atoms with Crippen LogP contribution in [0.15, 0.2) is 12.7 Å². The van der Waals surface area contributed by atoms with Crippen LogP contribution in [0.1, 0.15) is 20.3 Å². The van der Waals surface area contributed by atoms with Gasteiger partial charge in [0.05, 0.1) is 19.2 Å². The number of nitrogens with zero attached hydrogens (tertiary/aromatic N) is 3. The second-order valence-electron chi connectivity index (χ2n) is 7.02. The number of carbonyl (C=O) groups excluding carboxylic acids is 3. The average molecular weight is 413 g/mol. The molecule has 2 rings (SSSR count). The number of ether oxygens (including phenoxy) is 4. The summed E-state index contributed by atoms with van der Waals surface area (Å²) in [4.78, 5) is 40.8. The van der Waals surface area contributed by atoms with Crippen LogP contribution in [0, 0.1) is 0 Å². The van der Waals surface area contributed by atoms with Gasteiger partial charge < -0.3 is 33.6 Å². The Morgan fingerprint density at radius 3 is 2.14 bits per heavy atom. The lowest BCUT2D eigenvalue weighted by molar-refractivity contribution is -0.0579. The third kappa shape index (κ3) is 6.25. The van der Waals surface area contributed by atoms with Crippen molar-refractivity contribution in [3.8, 4) is 0 Å². The number of amides is 3. The topological polar surface area (TPSA) is 97.9 Å². The predicted octanol–water partition coefficient (Wildman–Crippen LogP) is 1.70. The molecule has 0 bridgehead atoms. The standard InChI is InChI=1S/C19H31N3O7/c1-5-11-27-17(23)20-7-9-21(10-8-20)18(24)28-15-12-22(13-15)19(25)29-16(6-2)14(3)26-4/h5,14-16H,1,6-13H2,2-4H3/t14-,16+/m0/s1. The van der Waals surface area contributed by atoms with Crippen molar-refractivity contribution in [2.45, 2.75) is 38.6 Å². The second kappa shape index (κ2) is 10.9. The van der Waals surface area contributed by atoms with E-state index in [0.29, 0.717) is 45.7 Å². The van der Waals surface area contributed by atoms with Crippen LogP contribution >= 0.6 is 0 Å². The fourth-order valence-electron chi connectivity index (χ4n) is 3.04. The summed E-state index contributed by atoms with van der Waals surface area (Å²) in [5.41, 5.74) is 0. The summed E-state index contributed by atoms with van der Waals surface area (Å²) in [6, 6.07) is 0. The van der Waals surface area contributed by atoms with Gasteiger partial charge in [0.15, 0.2) is 0 Å². The van der Waals surface area contributed by atoms with Crippen LogP contribution in [0.3, 0.4) is 0 Å². The van der Waals surface area contributed by atoms with Crippen molar-refractivity contribution in [3.05, 3.63) is 12.7 Å². The summed E-state index contributed by atoms with van der Waals surface area (Å²) in [6.45, 7) is 9.53. The minimum Gasteiger partial charge on any atom is -0.445 e. The molecular formula is C19H31N3O7. The Morgan fingerprint density at radius 1 is 1.03 bits per heavy atom. The van der Waals surface area contributed by atoms with Crippen LogP contribution in [-0.4, -0.2) is 104 Å². The van der Waals surface area contributed by atoms with E-state index in [9.17, 15) is 14.4 Å².